The number of nitrogens with one attached hydrogen (secondary N) is 1. The van der Waals surface area contributed by atoms with Gasteiger partial charge in [-0.25, -0.2) is 8.78 Å². The molecule has 0 aliphatic rings. The number of ether oxygens (including phenoxy) is 1. The molecule has 0 heterocycles. The van der Waals surface area contributed by atoms with Gasteiger partial charge in [0, 0.05) is 22.7 Å². The van der Waals surface area contributed by atoms with E-state index in [1.54, 1.807) is 19.2 Å². The Kier molecular flexibility index (Phi) is 5.04. The van der Waals surface area contributed by atoms with Gasteiger partial charge in [0.05, 0.1) is 18.2 Å². The molecule has 2 nitrogen and oxygen atoms in total. The van der Waals surface area contributed by atoms with E-state index in [1.807, 2.05) is 0 Å². The number of methoxy groups -OCH3 is 1. The Labute approximate surface area is 131 Å². The van der Waals surface area contributed by atoms with Gasteiger partial charge in [-0.2, -0.15) is 0 Å². The average Bonchev–Trinajstić information content (AvgIpc) is 2.45. The van der Waals surface area contributed by atoms with E-state index in [-0.39, 0.29) is 5.56 Å². The van der Waals surface area contributed by atoms with Gasteiger partial charge in [0.15, 0.2) is 0 Å². The quantitative estimate of drug-likeness (QED) is 0.884. The number of hydrogen-bond acceptors (Lipinski definition) is 2. The maximum absolute atomic E-state index is 14.0. The SMILES string of the molecule is CNC(c1ccc(F)cc1F)c1cc(Cl)c(OC)cc1Cl. The molecule has 0 bridgehead atoms. The molecular formula is C15H13Cl2F2NO. The molecule has 0 aliphatic carbocycles. The third-order valence-corrected chi connectivity index (χ3v) is 3.77. The first-order valence-electron chi connectivity index (χ1n) is 6.13. The molecule has 0 aromatic heterocycles. The Bertz CT molecular complexity index is 664. The molecule has 1 unspecified atom stereocenters. The Morgan fingerprint density at radius 2 is 1.76 bits per heavy atom. The van der Waals surface area contributed by atoms with Crippen molar-refractivity contribution in [3.63, 3.8) is 0 Å². The summed E-state index contributed by atoms with van der Waals surface area (Å²) in [7, 11) is 3.13. The maximum atomic E-state index is 14.0. The van der Waals surface area contributed by atoms with Crippen molar-refractivity contribution in [3.05, 3.63) is 63.1 Å². The van der Waals surface area contributed by atoms with Crippen molar-refractivity contribution in [2.24, 2.45) is 0 Å². The minimum Gasteiger partial charge on any atom is -0.495 e. The average molecular weight is 332 g/mol. The maximum Gasteiger partial charge on any atom is 0.138 e. The lowest BCUT2D eigenvalue weighted by molar-refractivity contribution is 0.414. The summed E-state index contributed by atoms with van der Waals surface area (Å²) in [5.74, 6) is -0.859. The Balaban J connectivity index is 2.53. The van der Waals surface area contributed by atoms with Crippen LogP contribution in [-0.2, 0) is 0 Å². The fourth-order valence-corrected chi connectivity index (χ4v) is 2.65. The Morgan fingerprint density at radius 1 is 1.05 bits per heavy atom. The summed E-state index contributed by atoms with van der Waals surface area (Å²) in [5, 5.41) is 3.69. The van der Waals surface area contributed by atoms with Crippen molar-refractivity contribution >= 4 is 23.2 Å². The lowest BCUT2D eigenvalue weighted by Crippen LogP contribution is -2.19. The lowest BCUT2D eigenvalue weighted by atomic mass is 9.98. The molecule has 112 valence electrons. The first kappa shape index (κ1) is 16.0. The highest BCUT2D eigenvalue weighted by molar-refractivity contribution is 6.34. The van der Waals surface area contributed by atoms with Gasteiger partial charge in [0.1, 0.15) is 17.4 Å². The van der Waals surface area contributed by atoms with Crippen LogP contribution in [0.5, 0.6) is 5.75 Å². The Hall–Kier alpha value is -1.36. The monoisotopic (exact) mass is 331 g/mol. The first-order valence-corrected chi connectivity index (χ1v) is 6.88. The van der Waals surface area contributed by atoms with Crippen molar-refractivity contribution in [1.29, 1.82) is 0 Å². The summed E-state index contributed by atoms with van der Waals surface area (Å²) in [6.45, 7) is 0. The number of rotatable bonds is 4. The van der Waals surface area contributed by atoms with E-state index < -0.39 is 17.7 Å². The van der Waals surface area contributed by atoms with Gasteiger partial charge in [-0.1, -0.05) is 29.3 Å². The van der Waals surface area contributed by atoms with E-state index in [1.165, 1.54) is 19.2 Å². The summed E-state index contributed by atoms with van der Waals surface area (Å²) in [5.41, 5.74) is 0.859. The second-order valence-electron chi connectivity index (χ2n) is 4.40. The molecule has 6 heteroatoms. The molecule has 0 saturated heterocycles. The molecule has 1 atom stereocenters. The second-order valence-corrected chi connectivity index (χ2v) is 5.21. The minimum atomic E-state index is -0.655. The predicted molar refractivity (Wildman–Crippen MR) is 80.3 cm³/mol. The van der Waals surface area contributed by atoms with Crippen LogP contribution in [0.1, 0.15) is 17.2 Å². The smallest absolute Gasteiger partial charge is 0.138 e. The molecule has 2 aromatic carbocycles. The summed E-state index contributed by atoms with van der Waals surface area (Å²) >= 11 is 12.3. The molecule has 0 radical (unpaired) electrons. The summed E-state index contributed by atoms with van der Waals surface area (Å²) in [6, 6.07) is 6.01. The largest absolute Gasteiger partial charge is 0.495 e. The molecule has 1 N–H and O–H groups in total. The molecule has 0 spiro atoms. The molecule has 2 aromatic rings. The topological polar surface area (TPSA) is 21.3 Å². The van der Waals surface area contributed by atoms with Crippen molar-refractivity contribution in [2.75, 3.05) is 14.2 Å². The number of halogens is 4. The summed E-state index contributed by atoms with van der Waals surface area (Å²) in [4.78, 5) is 0. The molecule has 0 saturated carbocycles. The van der Waals surface area contributed by atoms with Crippen LogP contribution in [0, 0.1) is 11.6 Å². The predicted octanol–water partition coefficient (Wildman–Crippen LogP) is 4.59. The van der Waals surface area contributed by atoms with Crippen LogP contribution in [-0.4, -0.2) is 14.2 Å². The highest BCUT2D eigenvalue weighted by Gasteiger charge is 2.21. The van der Waals surface area contributed by atoms with Crippen molar-refractivity contribution < 1.29 is 13.5 Å². The van der Waals surface area contributed by atoms with Gasteiger partial charge in [-0.15, -0.1) is 0 Å². The normalized spacial score (nSPS) is 12.3. The van der Waals surface area contributed by atoms with Gasteiger partial charge in [-0.3, -0.25) is 0 Å². The minimum absolute atomic E-state index is 0.280. The summed E-state index contributed by atoms with van der Waals surface area (Å²) < 4.78 is 32.1. The molecule has 2 rings (SSSR count). The highest BCUT2D eigenvalue weighted by Crippen LogP contribution is 2.36. The highest BCUT2D eigenvalue weighted by atomic mass is 35.5. The molecular weight excluding hydrogens is 319 g/mol. The van der Waals surface area contributed by atoms with Gasteiger partial charge >= 0.3 is 0 Å². The van der Waals surface area contributed by atoms with E-state index in [9.17, 15) is 8.78 Å². The van der Waals surface area contributed by atoms with Crippen molar-refractivity contribution in [2.45, 2.75) is 6.04 Å². The Morgan fingerprint density at radius 3 is 2.33 bits per heavy atom. The van der Waals surface area contributed by atoms with Crippen LogP contribution in [0.2, 0.25) is 10.0 Å². The van der Waals surface area contributed by atoms with E-state index in [2.05, 4.69) is 5.32 Å². The van der Waals surface area contributed by atoms with Crippen LogP contribution in [0.4, 0.5) is 8.78 Å². The van der Waals surface area contributed by atoms with Gasteiger partial charge < -0.3 is 10.1 Å². The zero-order chi connectivity index (χ0) is 15.6. The van der Waals surface area contributed by atoms with Crippen molar-refractivity contribution in [1.82, 2.24) is 5.32 Å². The molecule has 0 fully saturated rings. The fourth-order valence-electron chi connectivity index (χ4n) is 2.14. The van der Waals surface area contributed by atoms with E-state index in [4.69, 9.17) is 27.9 Å². The van der Waals surface area contributed by atoms with Crippen LogP contribution in [0.15, 0.2) is 30.3 Å². The second kappa shape index (κ2) is 6.60. The van der Waals surface area contributed by atoms with Gasteiger partial charge in [0.25, 0.3) is 0 Å². The van der Waals surface area contributed by atoms with Crippen LogP contribution in [0.25, 0.3) is 0 Å². The number of hydrogen-bond donors (Lipinski definition) is 1. The van der Waals surface area contributed by atoms with Crippen molar-refractivity contribution in [3.8, 4) is 5.75 Å². The molecule has 21 heavy (non-hydrogen) atoms. The molecule has 0 amide bonds. The third-order valence-electron chi connectivity index (χ3n) is 3.14. The summed E-state index contributed by atoms with van der Waals surface area (Å²) in [6.07, 6.45) is 0. The molecule has 0 aliphatic heterocycles. The first-order chi connectivity index (χ1) is 9.97. The van der Waals surface area contributed by atoms with Crippen LogP contribution >= 0.6 is 23.2 Å². The van der Waals surface area contributed by atoms with E-state index in [0.717, 1.165) is 6.07 Å². The van der Waals surface area contributed by atoms with E-state index in [0.29, 0.717) is 21.4 Å². The zero-order valence-corrected chi connectivity index (χ0v) is 12.9. The van der Waals surface area contributed by atoms with Crippen LogP contribution in [0.3, 0.4) is 0 Å². The number of benzene rings is 2. The van der Waals surface area contributed by atoms with E-state index >= 15 is 0 Å². The van der Waals surface area contributed by atoms with Gasteiger partial charge in [-0.05, 0) is 24.7 Å². The fraction of sp³-hybridized carbons (Fsp3) is 0.200. The van der Waals surface area contributed by atoms with Gasteiger partial charge in [0.2, 0.25) is 0 Å². The lowest BCUT2D eigenvalue weighted by Gasteiger charge is -2.20. The standard InChI is InChI=1S/C15H13Cl2F2NO/c1-20-15(9-4-3-8(18)5-13(9)19)10-6-12(17)14(21-2)7-11(10)16/h3-7,15,20H,1-2H3. The van der Waals surface area contributed by atoms with Crippen LogP contribution < -0.4 is 10.1 Å². The third kappa shape index (κ3) is 3.28. The zero-order valence-electron chi connectivity index (χ0n) is 11.4.